The second-order valence-electron chi connectivity index (χ2n) is 7.71. The molecule has 0 bridgehead atoms. The van der Waals surface area contributed by atoms with Gasteiger partial charge in [0.1, 0.15) is 5.82 Å². The highest BCUT2D eigenvalue weighted by molar-refractivity contribution is 5.99. The van der Waals surface area contributed by atoms with Gasteiger partial charge in [0.05, 0.1) is 26.2 Å². The van der Waals surface area contributed by atoms with Crippen LogP contribution in [0.1, 0.15) is 40.9 Å². The monoisotopic (exact) mass is 448 g/mol. The van der Waals surface area contributed by atoms with Gasteiger partial charge in [-0.05, 0) is 54.4 Å². The minimum absolute atomic E-state index is 0.00657. The van der Waals surface area contributed by atoms with Crippen molar-refractivity contribution < 1.29 is 23.5 Å². The molecule has 0 radical (unpaired) electrons. The molecule has 0 aromatic heterocycles. The van der Waals surface area contributed by atoms with Gasteiger partial charge in [-0.15, -0.1) is 0 Å². The Balaban J connectivity index is 1.65. The molecule has 3 aromatic rings. The van der Waals surface area contributed by atoms with Crippen molar-refractivity contribution in [3.8, 4) is 11.5 Å². The fourth-order valence-electron chi connectivity index (χ4n) is 4.06. The number of halogens is 1. The quantitative estimate of drug-likeness (QED) is 0.529. The maximum Gasteiger partial charge on any atom is 0.255 e. The van der Waals surface area contributed by atoms with E-state index in [0.717, 1.165) is 11.1 Å². The Morgan fingerprint density at radius 1 is 1.09 bits per heavy atom. The first-order valence-corrected chi connectivity index (χ1v) is 10.7. The molecule has 0 aliphatic carbocycles. The number of hydrogen-bond donors (Lipinski definition) is 1. The van der Waals surface area contributed by atoms with Crippen LogP contribution in [-0.4, -0.2) is 30.4 Å². The van der Waals surface area contributed by atoms with Crippen LogP contribution in [0.4, 0.5) is 10.1 Å². The summed E-state index contributed by atoms with van der Waals surface area (Å²) in [4.78, 5) is 27.8. The molecule has 3 aromatic carbocycles. The highest BCUT2D eigenvalue weighted by Crippen LogP contribution is 2.37. The molecule has 2 amide bonds. The standard InChI is InChI=1S/C26H25FN2O4/c1-3-33-23-12-11-17(13-24(23)32-2)22(15-25(30)28-20-9-6-8-19(27)14-20)29-16-18-7-4-5-10-21(18)26(29)31/h4-14,22H,3,15-16H2,1-2H3,(H,28,30)/t22-/m1/s1. The van der Waals surface area contributed by atoms with Crippen molar-refractivity contribution in [1.29, 1.82) is 0 Å². The van der Waals surface area contributed by atoms with Crippen LogP contribution < -0.4 is 14.8 Å². The minimum atomic E-state index is -0.553. The molecule has 0 unspecified atom stereocenters. The van der Waals surface area contributed by atoms with Crippen LogP contribution in [0.15, 0.2) is 66.7 Å². The predicted octanol–water partition coefficient (Wildman–Crippen LogP) is 4.96. The minimum Gasteiger partial charge on any atom is -0.493 e. The van der Waals surface area contributed by atoms with Crippen LogP contribution in [0.25, 0.3) is 0 Å². The molecule has 0 saturated carbocycles. The normalized spacial score (nSPS) is 13.4. The fourth-order valence-corrected chi connectivity index (χ4v) is 4.06. The average Bonchev–Trinajstić information content (AvgIpc) is 3.14. The molecule has 6 nitrogen and oxygen atoms in total. The second kappa shape index (κ2) is 9.73. The van der Waals surface area contributed by atoms with Crippen LogP contribution in [0.5, 0.6) is 11.5 Å². The van der Waals surface area contributed by atoms with Crippen molar-refractivity contribution in [3.05, 3.63) is 89.2 Å². The summed E-state index contributed by atoms with van der Waals surface area (Å²) in [6, 6.07) is 18.0. The molecule has 0 spiro atoms. The molecule has 170 valence electrons. The van der Waals surface area contributed by atoms with Crippen LogP contribution in [0, 0.1) is 5.82 Å². The molecule has 4 rings (SSSR count). The number of fused-ring (bicyclic) bond motifs is 1. The van der Waals surface area contributed by atoms with Crippen molar-refractivity contribution in [1.82, 2.24) is 4.90 Å². The zero-order valence-electron chi connectivity index (χ0n) is 18.5. The summed E-state index contributed by atoms with van der Waals surface area (Å²) in [7, 11) is 1.55. The van der Waals surface area contributed by atoms with Crippen LogP contribution >= 0.6 is 0 Å². The lowest BCUT2D eigenvalue weighted by atomic mass is 10.0. The molecule has 33 heavy (non-hydrogen) atoms. The third-order valence-electron chi connectivity index (χ3n) is 5.58. The van der Waals surface area contributed by atoms with Crippen molar-refractivity contribution in [2.75, 3.05) is 19.0 Å². The van der Waals surface area contributed by atoms with Gasteiger partial charge in [0, 0.05) is 17.8 Å². The molecular formula is C26H25FN2O4. The van der Waals surface area contributed by atoms with Gasteiger partial charge in [-0.25, -0.2) is 4.39 Å². The predicted molar refractivity (Wildman–Crippen MR) is 123 cm³/mol. The Morgan fingerprint density at radius 3 is 2.64 bits per heavy atom. The number of hydrogen-bond acceptors (Lipinski definition) is 4. The number of carbonyl (C=O) groups is 2. The van der Waals surface area contributed by atoms with Gasteiger partial charge < -0.3 is 19.7 Å². The zero-order chi connectivity index (χ0) is 23.4. The SMILES string of the molecule is CCOc1ccc([C@@H](CC(=O)Nc2cccc(F)c2)N2Cc3ccccc3C2=O)cc1OC. The van der Waals surface area contributed by atoms with E-state index in [1.165, 1.54) is 18.2 Å². The molecule has 0 saturated heterocycles. The van der Waals surface area contributed by atoms with E-state index >= 15 is 0 Å². The second-order valence-corrected chi connectivity index (χ2v) is 7.71. The van der Waals surface area contributed by atoms with E-state index < -0.39 is 11.9 Å². The summed E-state index contributed by atoms with van der Waals surface area (Å²) < 4.78 is 24.6. The van der Waals surface area contributed by atoms with Gasteiger partial charge in [-0.3, -0.25) is 9.59 Å². The van der Waals surface area contributed by atoms with E-state index in [1.54, 1.807) is 36.3 Å². The first-order valence-electron chi connectivity index (χ1n) is 10.7. The summed E-state index contributed by atoms with van der Waals surface area (Å²) in [6.07, 6.45) is -0.00657. The maximum atomic E-state index is 13.5. The molecule has 1 N–H and O–H groups in total. The van der Waals surface area contributed by atoms with Crippen molar-refractivity contribution in [2.24, 2.45) is 0 Å². The summed E-state index contributed by atoms with van der Waals surface area (Å²) >= 11 is 0. The molecule has 1 aliphatic heterocycles. The van der Waals surface area contributed by atoms with E-state index in [2.05, 4.69) is 5.32 Å². The number of nitrogens with zero attached hydrogens (tertiary/aromatic N) is 1. The van der Waals surface area contributed by atoms with E-state index in [1.807, 2.05) is 31.2 Å². The van der Waals surface area contributed by atoms with Gasteiger partial charge >= 0.3 is 0 Å². The van der Waals surface area contributed by atoms with E-state index in [0.29, 0.717) is 35.9 Å². The number of amides is 2. The highest BCUT2D eigenvalue weighted by Gasteiger charge is 2.34. The van der Waals surface area contributed by atoms with Gasteiger partial charge in [0.25, 0.3) is 5.91 Å². The van der Waals surface area contributed by atoms with Crippen molar-refractivity contribution in [3.63, 3.8) is 0 Å². The van der Waals surface area contributed by atoms with E-state index in [4.69, 9.17) is 9.47 Å². The largest absolute Gasteiger partial charge is 0.493 e. The summed E-state index contributed by atoms with van der Waals surface area (Å²) in [6.45, 7) is 2.75. The van der Waals surface area contributed by atoms with Gasteiger partial charge in [-0.1, -0.05) is 30.3 Å². The topological polar surface area (TPSA) is 67.9 Å². The number of carbonyl (C=O) groups excluding carboxylic acids is 2. The van der Waals surface area contributed by atoms with Gasteiger partial charge in [0.2, 0.25) is 5.91 Å². The molecule has 0 fully saturated rings. The average molecular weight is 448 g/mol. The first-order chi connectivity index (χ1) is 16.0. The number of nitrogens with one attached hydrogen (secondary N) is 1. The summed E-state index contributed by atoms with van der Waals surface area (Å²) in [5.74, 6) is 0.201. The van der Waals surface area contributed by atoms with Gasteiger partial charge in [0.15, 0.2) is 11.5 Å². The number of ether oxygens (including phenoxy) is 2. The maximum absolute atomic E-state index is 13.5. The molecule has 7 heteroatoms. The Kier molecular flexibility index (Phi) is 6.58. The van der Waals surface area contributed by atoms with Crippen LogP contribution in [0.2, 0.25) is 0 Å². The van der Waals surface area contributed by atoms with E-state index in [9.17, 15) is 14.0 Å². The number of anilines is 1. The lowest BCUT2D eigenvalue weighted by Gasteiger charge is -2.28. The smallest absolute Gasteiger partial charge is 0.255 e. The Labute approximate surface area is 191 Å². The number of rotatable bonds is 8. The summed E-state index contributed by atoms with van der Waals surface area (Å²) in [5, 5.41) is 2.73. The number of methoxy groups -OCH3 is 1. The van der Waals surface area contributed by atoms with Crippen LogP contribution in [-0.2, 0) is 11.3 Å². The van der Waals surface area contributed by atoms with Crippen molar-refractivity contribution in [2.45, 2.75) is 25.9 Å². The number of benzene rings is 3. The van der Waals surface area contributed by atoms with Crippen molar-refractivity contribution >= 4 is 17.5 Å². The zero-order valence-corrected chi connectivity index (χ0v) is 18.5. The first kappa shape index (κ1) is 22.3. The molecule has 1 heterocycles. The molecule has 1 atom stereocenters. The Bertz CT molecular complexity index is 1180. The summed E-state index contributed by atoms with van der Waals surface area (Å²) in [5.41, 5.74) is 2.65. The lowest BCUT2D eigenvalue weighted by molar-refractivity contribution is -0.117. The van der Waals surface area contributed by atoms with Crippen LogP contribution in [0.3, 0.4) is 0 Å². The van der Waals surface area contributed by atoms with Gasteiger partial charge in [-0.2, -0.15) is 0 Å². The Morgan fingerprint density at radius 2 is 1.91 bits per heavy atom. The third-order valence-corrected chi connectivity index (χ3v) is 5.58. The molecular weight excluding hydrogens is 423 g/mol. The third kappa shape index (κ3) is 4.82. The lowest BCUT2D eigenvalue weighted by Crippen LogP contribution is -2.32. The fraction of sp³-hybridized carbons (Fsp3) is 0.231. The Hall–Kier alpha value is -3.87. The van der Waals surface area contributed by atoms with E-state index in [-0.39, 0.29) is 18.2 Å². The molecule has 1 aliphatic rings. The highest BCUT2D eigenvalue weighted by atomic mass is 19.1.